The zero-order chi connectivity index (χ0) is 19.2. The minimum atomic E-state index is 0. The second-order valence-electron chi connectivity index (χ2n) is 7.10. The van der Waals surface area contributed by atoms with Crippen molar-refractivity contribution < 1.29 is 14.3 Å². The molecule has 2 aromatic rings. The zero-order valence-corrected chi connectivity index (χ0v) is 18.1. The average Bonchev–Trinajstić information content (AvgIpc) is 3.35. The van der Waals surface area contributed by atoms with E-state index in [2.05, 4.69) is 16.8 Å². The Bertz CT molecular complexity index is 754. The van der Waals surface area contributed by atoms with Gasteiger partial charge in [0.05, 0.1) is 14.2 Å². The number of ether oxygens (including phenoxy) is 2. The minimum absolute atomic E-state index is 0. The second kappa shape index (κ2) is 10.7. The molecule has 1 heterocycles. The van der Waals surface area contributed by atoms with Crippen molar-refractivity contribution in [3.05, 3.63) is 46.2 Å². The van der Waals surface area contributed by atoms with Crippen LogP contribution in [0.2, 0.25) is 0 Å². The Hall–Kier alpha value is -1.76. The van der Waals surface area contributed by atoms with Gasteiger partial charge < -0.3 is 20.1 Å². The summed E-state index contributed by atoms with van der Waals surface area (Å²) < 4.78 is 10.7. The number of benzene rings is 1. The van der Waals surface area contributed by atoms with Crippen LogP contribution < -0.4 is 15.2 Å². The quantitative estimate of drug-likeness (QED) is 0.698. The highest BCUT2D eigenvalue weighted by Gasteiger charge is 2.31. The van der Waals surface area contributed by atoms with Gasteiger partial charge in [-0.1, -0.05) is 6.07 Å². The van der Waals surface area contributed by atoms with E-state index in [0.29, 0.717) is 24.6 Å². The molecule has 3 rings (SSSR count). The van der Waals surface area contributed by atoms with Crippen molar-refractivity contribution in [3.63, 3.8) is 0 Å². The van der Waals surface area contributed by atoms with Crippen LogP contribution in [0, 0.1) is 5.92 Å². The molecule has 1 fully saturated rings. The molecular formula is C21H29ClN2O3S. The molecule has 1 aromatic heterocycles. The molecule has 154 valence electrons. The van der Waals surface area contributed by atoms with Crippen LogP contribution in [0.25, 0.3) is 0 Å². The van der Waals surface area contributed by atoms with Crippen LogP contribution in [0.15, 0.2) is 35.0 Å². The van der Waals surface area contributed by atoms with Gasteiger partial charge in [0.15, 0.2) is 11.5 Å². The zero-order valence-electron chi connectivity index (χ0n) is 16.4. The molecule has 0 bridgehead atoms. The Kier molecular flexibility index (Phi) is 8.60. The Morgan fingerprint density at radius 3 is 2.57 bits per heavy atom. The summed E-state index contributed by atoms with van der Waals surface area (Å²) in [6.45, 7) is 1.33. The molecule has 0 aliphatic heterocycles. The predicted octanol–water partition coefficient (Wildman–Crippen LogP) is 3.89. The van der Waals surface area contributed by atoms with Gasteiger partial charge in [0, 0.05) is 25.0 Å². The van der Waals surface area contributed by atoms with Crippen molar-refractivity contribution in [2.24, 2.45) is 11.7 Å². The van der Waals surface area contributed by atoms with E-state index >= 15 is 0 Å². The van der Waals surface area contributed by atoms with Crippen LogP contribution in [-0.2, 0) is 17.8 Å². The largest absolute Gasteiger partial charge is 0.493 e. The number of amides is 1. The molecule has 0 saturated heterocycles. The molecule has 1 saturated carbocycles. The predicted molar refractivity (Wildman–Crippen MR) is 116 cm³/mol. The maximum Gasteiger partial charge on any atom is 0.226 e. The van der Waals surface area contributed by atoms with E-state index in [1.807, 2.05) is 23.1 Å². The van der Waals surface area contributed by atoms with Crippen LogP contribution in [0.1, 0.15) is 30.4 Å². The summed E-state index contributed by atoms with van der Waals surface area (Å²) in [5.41, 5.74) is 8.34. The third kappa shape index (κ3) is 5.63. The summed E-state index contributed by atoms with van der Waals surface area (Å²) in [5, 5.41) is 4.16. The van der Waals surface area contributed by atoms with E-state index in [9.17, 15) is 4.79 Å². The van der Waals surface area contributed by atoms with Crippen molar-refractivity contribution in [2.45, 2.75) is 38.3 Å². The lowest BCUT2D eigenvalue weighted by molar-refractivity contribution is -0.136. The van der Waals surface area contributed by atoms with E-state index in [1.54, 1.807) is 25.6 Å². The lowest BCUT2D eigenvalue weighted by Crippen LogP contribution is -2.36. The van der Waals surface area contributed by atoms with Gasteiger partial charge in [0.25, 0.3) is 0 Å². The fourth-order valence-corrected chi connectivity index (χ4v) is 4.33. The molecule has 28 heavy (non-hydrogen) atoms. The van der Waals surface area contributed by atoms with Crippen LogP contribution >= 0.6 is 23.7 Å². The molecule has 2 N–H and O–H groups in total. The average molecular weight is 425 g/mol. The Morgan fingerprint density at radius 2 is 1.96 bits per heavy atom. The highest BCUT2D eigenvalue weighted by Crippen LogP contribution is 2.29. The molecule has 1 amide bonds. The fourth-order valence-electron chi connectivity index (χ4n) is 3.67. The van der Waals surface area contributed by atoms with E-state index < -0.39 is 0 Å². The third-order valence-electron chi connectivity index (χ3n) is 5.21. The molecule has 0 radical (unpaired) electrons. The number of halogens is 1. The normalized spacial score (nSPS) is 18.4. The van der Waals surface area contributed by atoms with E-state index in [4.69, 9.17) is 15.2 Å². The number of carbonyl (C=O) groups excluding carboxylic acids is 1. The van der Waals surface area contributed by atoms with Crippen molar-refractivity contribution in [3.8, 4) is 11.5 Å². The van der Waals surface area contributed by atoms with Gasteiger partial charge in [-0.25, -0.2) is 0 Å². The molecule has 0 spiro atoms. The van der Waals surface area contributed by atoms with Gasteiger partial charge in [-0.15, -0.1) is 12.4 Å². The first-order chi connectivity index (χ1) is 13.1. The summed E-state index contributed by atoms with van der Waals surface area (Å²) in [5.74, 6) is 1.72. The minimum Gasteiger partial charge on any atom is -0.493 e. The van der Waals surface area contributed by atoms with Crippen molar-refractivity contribution in [2.75, 3.05) is 20.8 Å². The number of hydrogen-bond acceptors (Lipinski definition) is 5. The Morgan fingerprint density at radius 1 is 1.18 bits per heavy atom. The molecule has 1 aromatic carbocycles. The third-order valence-corrected chi connectivity index (χ3v) is 5.94. The van der Waals surface area contributed by atoms with Gasteiger partial charge >= 0.3 is 0 Å². The summed E-state index contributed by atoms with van der Waals surface area (Å²) >= 11 is 1.66. The van der Waals surface area contributed by atoms with E-state index in [-0.39, 0.29) is 30.3 Å². The molecule has 1 aliphatic rings. The summed E-state index contributed by atoms with van der Waals surface area (Å²) in [4.78, 5) is 15.1. The first-order valence-corrected chi connectivity index (χ1v) is 10.3. The number of hydrogen-bond donors (Lipinski definition) is 1. The standard InChI is InChI=1S/C21H28N2O3S.ClH/c1-25-19-6-3-15(11-20(19)26-2)7-9-23(13-16-8-10-27-14-16)21(24)17-4-5-18(22)12-17;/h3,6,8,10-11,14,17-18H,4-5,7,9,12-13,22H2,1-2H3;1H. The van der Waals surface area contributed by atoms with E-state index in [1.165, 1.54) is 5.56 Å². The summed E-state index contributed by atoms with van der Waals surface area (Å²) in [7, 11) is 3.27. The maximum atomic E-state index is 13.1. The van der Waals surface area contributed by atoms with Gasteiger partial charge in [-0.3, -0.25) is 4.79 Å². The maximum absolute atomic E-state index is 13.1. The van der Waals surface area contributed by atoms with Crippen molar-refractivity contribution in [1.29, 1.82) is 0 Å². The number of nitrogens with two attached hydrogens (primary N) is 1. The van der Waals surface area contributed by atoms with Gasteiger partial charge in [0.2, 0.25) is 5.91 Å². The van der Waals surface area contributed by atoms with Gasteiger partial charge in [-0.05, 0) is 65.8 Å². The number of nitrogens with zero attached hydrogens (tertiary/aromatic N) is 1. The molecule has 2 atom stereocenters. The lowest BCUT2D eigenvalue weighted by atomic mass is 10.0. The summed E-state index contributed by atoms with van der Waals surface area (Å²) in [6.07, 6.45) is 3.42. The molecule has 1 aliphatic carbocycles. The van der Waals surface area contributed by atoms with E-state index in [0.717, 1.165) is 31.2 Å². The topological polar surface area (TPSA) is 64.8 Å². The SMILES string of the molecule is COc1ccc(CCN(Cc2ccsc2)C(=O)C2CCC(N)C2)cc1OC.Cl. The van der Waals surface area contributed by atoms with Gasteiger partial charge in [0.1, 0.15) is 0 Å². The first kappa shape index (κ1) is 22.5. The Balaban J connectivity index is 0.00000280. The molecule has 2 unspecified atom stereocenters. The Labute approximate surface area is 177 Å². The second-order valence-corrected chi connectivity index (χ2v) is 7.88. The monoisotopic (exact) mass is 424 g/mol. The van der Waals surface area contributed by atoms with Gasteiger partial charge in [-0.2, -0.15) is 11.3 Å². The lowest BCUT2D eigenvalue weighted by Gasteiger charge is -2.26. The number of methoxy groups -OCH3 is 2. The fraction of sp³-hybridized carbons (Fsp3) is 0.476. The number of carbonyl (C=O) groups is 1. The smallest absolute Gasteiger partial charge is 0.226 e. The molecule has 7 heteroatoms. The molecular weight excluding hydrogens is 396 g/mol. The van der Waals surface area contributed by atoms with Crippen molar-refractivity contribution >= 4 is 29.7 Å². The summed E-state index contributed by atoms with van der Waals surface area (Å²) in [6, 6.07) is 8.17. The number of rotatable bonds is 8. The van der Waals surface area contributed by atoms with Crippen LogP contribution in [0.3, 0.4) is 0 Å². The van der Waals surface area contributed by atoms with Crippen LogP contribution in [-0.4, -0.2) is 37.6 Å². The van der Waals surface area contributed by atoms with Crippen molar-refractivity contribution in [1.82, 2.24) is 4.90 Å². The van der Waals surface area contributed by atoms with Crippen LogP contribution in [0.4, 0.5) is 0 Å². The first-order valence-electron chi connectivity index (χ1n) is 9.37. The highest BCUT2D eigenvalue weighted by molar-refractivity contribution is 7.07. The van der Waals surface area contributed by atoms with Crippen LogP contribution in [0.5, 0.6) is 11.5 Å². The molecule has 5 nitrogen and oxygen atoms in total. The number of thiophene rings is 1. The highest BCUT2D eigenvalue weighted by atomic mass is 35.5.